The number of hydrogen-bond acceptors (Lipinski definition) is 4. The number of ether oxygens (including phenoxy) is 1. The van der Waals surface area contributed by atoms with Crippen LogP contribution in [0.15, 0.2) is 48.6 Å². The zero-order chi connectivity index (χ0) is 28.8. The summed E-state index contributed by atoms with van der Waals surface area (Å²) in [6, 6.07) is 8.62. The molecule has 0 radical (unpaired) electrons. The molecule has 2 aliphatic carbocycles. The summed E-state index contributed by atoms with van der Waals surface area (Å²) in [7, 11) is -2.05. The summed E-state index contributed by atoms with van der Waals surface area (Å²) in [6.45, 7) is 15.0. The van der Waals surface area contributed by atoms with E-state index in [0.29, 0.717) is 18.8 Å². The summed E-state index contributed by atoms with van der Waals surface area (Å²) in [5.74, 6) is -0.333. The number of allylic oxidation sites excluding steroid dienone is 3. The minimum absolute atomic E-state index is 0.0787. The van der Waals surface area contributed by atoms with Crippen molar-refractivity contribution < 1.29 is 23.5 Å². The SMILES string of the molecule is CC(C)OC(=O)CCCC=CC[C@@H]1[C@@H](C=CC(O[Si](C)(C)C(C)(C)C)C2Cc3ccccc3C2)[C@@H](F)C[C@@H]1O. The van der Waals surface area contributed by atoms with Crippen molar-refractivity contribution in [3.8, 4) is 0 Å². The first-order chi connectivity index (χ1) is 18.3. The Morgan fingerprint density at radius 2 is 1.79 bits per heavy atom. The fourth-order valence-electron chi connectivity index (χ4n) is 5.59. The number of aliphatic hydroxyl groups excluding tert-OH is 1. The summed E-state index contributed by atoms with van der Waals surface area (Å²) in [5, 5.41) is 10.8. The number of halogens is 1. The van der Waals surface area contributed by atoms with Gasteiger partial charge in [-0.15, -0.1) is 0 Å². The third-order valence-corrected chi connectivity index (χ3v) is 13.3. The quantitative estimate of drug-likeness (QED) is 0.123. The Morgan fingerprint density at radius 1 is 1.15 bits per heavy atom. The lowest BCUT2D eigenvalue weighted by molar-refractivity contribution is -0.147. The predicted octanol–water partition coefficient (Wildman–Crippen LogP) is 7.75. The highest BCUT2D eigenvalue weighted by Gasteiger charge is 2.43. The van der Waals surface area contributed by atoms with Gasteiger partial charge in [0.1, 0.15) is 6.17 Å². The van der Waals surface area contributed by atoms with Gasteiger partial charge in [0, 0.05) is 18.8 Å². The molecule has 0 heterocycles. The number of alkyl halides is 1. The number of benzene rings is 1. The van der Waals surface area contributed by atoms with Gasteiger partial charge >= 0.3 is 5.97 Å². The van der Waals surface area contributed by atoms with Gasteiger partial charge < -0.3 is 14.3 Å². The first-order valence-corrected chi connectivity index (χ1v) is 17.8. The normalized spacial score (nSPS) is 25.2. The van der Waals surface area contributed by atoms with Crippen LogP contribution in [0.5, 0.6) is 0 Å². The van der Waals surface area contributed by atoms with Crippen molar-refractivity contribution >= 4 is 14.3 Å². The van der Waals surface area contributed by atoms with E-state index in [2.05, 4.69) is 64.2 Å². The van der Waals surface area contributed by atoms with E-state index in [1.165, 1.54) is 11.1 Å². The maximum atomic E-state index is 15.2. The van der Waals surface area contributed by atoms with Gasteiger partial charge in [-0.25, -0.2) is 4.39 Å². The zero-order valence-corrected chi connectivity index (χ0v) is 26.2. The number of aliphatic hydroxyl groups is 1. The molecule has 0 aromatic heterocycles. The standard InChI is InChI=1S/C33H51FO4Si/c1-23(2)37-32(36)17-11-9-8-10-16-28-27(29(34)22-30(28)35)18-19-31(38-39(6,7)33(3,4)5)26-20-24-14-12-13-15-25(24)21-26/h8,10,12-15,18-19,23,26-31,35H,9,11,16-17,20-22H2,1-7H3/t27-,28-,29+,30+,31?/m1/s1. The summed E-state index contributed by atoms with van der Waals surface area (Å²) in [4.78, 5) is 11.7. The molecule has 39 heavy (non-hydrogen) atoms. The minimum Gasteiger partial charge on any atom is -0.463 e. The number of hydrogen-bond donors (Lipinski definition) is 1. The second kappa shape index (κ2) is 13.7. The molecular weight excluding hydrogens is 507 g/mol. The fourth-order valence-corrected chi connectivity index (χ4v) is 6.90. The molecule has 1 aromatic carbocycles. The van der Waals surface area contributed by atoms with Crippen molar-refractivity contribution in [1.82, 2.24) is 0 Å². The lowest BCUT2D eigenvalue weighted by Gasteiger charge is -2.40. The largest absolute Gasteiger partial charge is 0.463 e. The van der Waals surface area contributed by atoms with E-state index in [0.717, 1.165) is 25.7 Å². The van der Waals surface area contributed by atoms with E-state index >= 15 is 4.39 Å². The first kappa shape index (κ1) is 31.8. The van der Waals surface area contributed by atoms with Crippen LogP contribution in [-0.4, -0.2) is 43.9 Å². The molecular formula is C33H51FO4Si. The van der Waals surface area contributed by atoms with Crippen LogP contribution in [0.3, 0.4) is 0 Å². The van der Waals surface area contributed by atoms with E-state index in [1.54, 1.807) is 0 Å². The van der Waals surface area contributed by atoms with E-state index in [-0.39, 0.29) is 41.5 Å². The van der Waals surface area contributed by atoms with Crippen LogP contribution in [-0.2, 0) is 26.8 Å². The van der Waals surface area contributed by atoms with Gasteiger partial charge in [-0.2, -0.15) is 0 Å². The Kier molecular flexibility index (Phi) is 11.2. The van der Waals surface area contributed by atoms with Crippen LogP contribution in [0.1, 0.15) is 77.8 Å². The molecule has 4 nitrogen and oxygen atoms in total. The van der Waals surface area contributed by atoms with Gasteiger partial charge in [-0.05, 0) is 87.0 Å². The summed E-state index contributed by atoms with van der Waals surface area (Å²) >= 11 is 0. The molecule has 0 saturated heterocycles. The molecule has 2 aliphatic rings. The molecule has 1 saturated carbocycles. The molecule has 3 rings (SSSR count). The second-order valence-electron chi connectivity index (χ2n) is 13.4. The number of carbonyl (C=O) groups is 1. The number of rotatable bonds is 12. The maximum absolute atomic E-state index is 15.2. The Labute approximate surface area is 237 Å². The van der Waals surface area contributed by atoms with Crippen LogP contribution in [0.4, 0.5) is 4.39 Å². The number of esters is 1. The number of unbranched alkanes of at least 4 members (excludes halogenated alkanes) is 1. The first-order valence-electron chi connectivity index (χ1n) is 14.9. The minimum atomic E-state index is -2.05. The van der Waals surface area contributed by atoms with Crippen molar-refractivity contribution in [2.75, 3.05) is 0 Å². The van der Waals surface area contributed by atoms with Crippen LogP contribution in [0.2, 0.25) is 18.1 Å². The number of fused-ring (bicyclic) bond motifs is 1. The van der Waals surface area contributed by atoms with E-state index in [1.807, 2.05) is 32.1 Å². The van der Waals surface area contributed by atoms with E-state index in [9.17, 15) is 9.90 Å². The molecule has 1 aromatic rings. The molecule has 218 valence electrons. The summed E-state index contributed by atoms with van der Waals surface area (Å²) < 4.78 is 27.3. The second-order valence-corrected chi connectivity index (χ2v) is 18.1. The lowest BCUT2D eigenvalue weighted by atomic mass is 9.89. The maximum Gasteiger partial charge on any atom is 0.306 e. The van der Waals surface area contributed by atoms with Crippen LogP contribution < -0.4 is 0 Å². The molecule has 0 amide bonds. The van der Waals surface area contributed by atoms with Gasteiger partial charge in [0.25, 0.3) is 0 Å². The summed E-state index contributed by atoms with van der Waals surface area (Å²) in [6.07, 6.45) is 11.0. The molecule has 0 bridgehead atoms. The van der Waals surface area contributed by atoms with Crippen molar-refractivity contribution in [3.63, 3.8) is 0 Å². The molecule has 0 aliphatic heterocycles. The molecule has 5 atom stereocenters. The molecule has 6 heteroatoms. The topological polar surface area (TPSA) is 55.8 Å². The van der Waals surface area contributed by atoms with Gasteiger partial charge in [0.2, 0.25) is 0 Å². The smallest absolute Gasteiger partial charge is 0.306 e. The highest BCUT2D eigenvalue weighted by atomic mass is 28.4. The number of carbonyl (C=O) groups excluding carboxylic acids is 1. The van der Waals surface area contributed by atoms with Gasteiger partial charge in [-0.1, -0.05) is 69.3 Å². The Morgan fingerprint density at radius 3 is 2.38 bits per heavy atom. The Bertz CT molecular complexity index is 971. The van der Waals surface area contributed by atoms with Gasteiger partial charge in [0.15, 0.2) is 8.32 Å². The predicted molar refractivity (Wildman–Crippen MR) is 160 cm³/mol. The van der Waals surface area contributed by atoms with Gasteiger partial charge in [0.05, 0.1) is 18.3 Å². The molecule has 0 spiro atoms. The fraction of sp³-hybridized carbons (Fsp3) is 0.667. The third-order valence-electron chi connectivity index (χ3n) is 8.87. The van der Waals surface area contributed by atoms with Crippen LogP contribution in [0.25, 0.3) is 0 Å². The van der Waals surface area contributed by atoms with Crippen molar-refractivity contribution in [1.29, 1.82) is 0 Å². The van der Waals surface area contributed by atoms with Crippen LogP contribution >= 0.6 is 0 Å². The lowest BCUT2D eigenvalue weighted by Crippen LogP contribution is -2.45. The Balaban J connectivity index is 1.67. The molecule has 1 unspecified atom stereocenters. The highest BCUT2D eigenvalue weighted by molar-refractivity contribution is 6.74. The van der Waals surface area contributed by atoms with E-state index < -0.39 is 20.6 Å². The average Bonchev–Trinajstić information content (AvgIpc) is 3.37. The highest BCUT2D eigenvalue weighted by Crippen LogP contribution is 2.42. The van der Waals surface area contributed by atoms with Crippen LogP contribution in [0, 0.1) is 17.8 Å². The third kappa shape index (κ3) is 8.86. The average molecular weight is 559 g/mol. The zero-order valence-electron chi connectivity index (χ0n) is 25.2. The van der Waals surface area contributed by atoms with E-state index in [4.69, 9.17) is 9.16 Å². The molecule has 1 N–H and O–H groups in total. The monoisotopic (exact) mass is 558 g/mol. The molecule has 1 fully saturated rings. The summed E-state index contributed by atoms with van der Waals surface area (Å²) in [5.41, 5.74) is 2.78. The van der Waals surface area contributed by atoms with Gasteiger partial charge in [-0.3, -0.25) is 4.79 Å². The Hall–Kier alpha value is -1.76. The van der Waals surface area contributed by atoms with Crippen molar-refractivity contribution in [2.45, 2.75) is 122 Å². The van der Waals surface area contributed by atoms with Crippen molar-refractivity contribution in [3.05, 3.63) is 59.7 Å². The van der Waals surface area contributed by atoms with Crippen molar-refractivity contribution in [2.24, 2.45) is 17.8 Å².